The second kappa shape index (κ2) is 8.97. The standard InChI is InChI=1S/C20H26N4O4/c1-13(2)11-15(22-18(25)17-14(3)5-4-6-21-17)19-23-16(12-28-19)20(26)24-7-9-27-10-8-24/h4-6,12-13,15H,7-11H2,1-3H3,(H,22,25)/t15-/m0/s1. The smallest absolute Gasteiger partial charge is 0.275 e. The number of aromatic nitrogens is 2. The Morgan fingerprint density at radius 1 is 1.29 bits per heavy atom. The van der Waals surface area contributed by atoms with Crippen LogP contribution in [0.5, 0.6) is 0 Å². The highest BCUT2D eigenvalue weighted by atomic mass is 16.5. The molecule has 28 heavy (non-hydrogen) atoms. The fourth-order valence-electron chi connectivity index (χ4n) is 3.12. The van der Waals surface area contributed by atoms with E-state index in [0.717, 1.165) is 5.56 Å². The van der Waals surface area contributed by atoms with Crippen molar-refractivity contribution in [3.8, 4) is 0 Å². The predicted molar refractivity (Wildman–Crippen MR) is 102 cm³/mol. The highest BCUT2D eigenvalue weighted by molar-refractivity contribution is 5.94. The predicted octanol–water partition coefficient (Wildman–Crippen LogP) is 2.37. The van der Waals surface area contributed by atoms with E-state index in [-0.39, 0.29) is 17.5 Å². The van der Waals surface area contributed by atoms with Gasteiger partial charge in [-0.3, -0.25) is 14.6 Å². The van der Waals surface area contributed by atoms with Gasteiger partial charge in [0.05, 0.1) is 13.2 Å². The van der Waals surface area contributed by atoms with Crippen molar-refractivity contribution in [3.05, 3.63) is 47.4 Å². The van der Waals surface area contributed by atoms with Crippen molar-refractivity contribution in [2.45, 2.75) is 33.2 Å². The number of ether oxygens (including phenoxy) is 1. The second-order valence-electron chi connectivity index (χ2n) is 7.30. The molecule has 0 unspecified atom stereocenters. The molecule has 3 heterocycles. The van der Waals surface area contributed by atoms with Crippen molar-refractivity contribution in [2.75, 3.05) is 26.3 Å². The summed E-state index contributed by atoms with van der Waals surface area (Å²) in [5.74, 6) is 0.143. The zero-order chi connectivity index (χ0) is 20.1. The summed E-state index contributed by atoms with van der Waals surface area (Å²) in [4.78, 5) is 35.5. The van der Waals surface area contributed by atoms with Crippen LogP contribution >= 0.6 is 0 Å². The van der Waals surface area contributed by atoms with Gasteiger partial charge in [-0.15, -0.1) is 0 Å². The quantitative estimate of drug-likeness (QED) is 0.819. The van der Waals surface area contributed by atoms with Crippen LogP contribution in [0.2, 0.25) is 0 Å². The van der Waals surface area contributed by atoms with E-state index in [1.165, 1.54) is 6.26 Å². The number of carbonyl (C=O) groups excluding carboxylic acids is 2. The zero-order valence-electron chi connectivity index (χ0n) is 16.5. The number of aryl methyl sites for hydroxylation is 1. The van der Waals surface area contributed by atoms with Gasteiger partial charge in [-0.1, -0.05) is 19.9 Å². The minimum atomic E-state index is -0.444. The van der Waals surface area contributed by atoms with E-state index in [1.54, 1.807) is 17.2 Å². The molecule has 0 spiro atoms. The van der Waals surface area contributed by atoms with Crippen molar-refractivity contribution in [2.24, 2.45) is 5.92 Å². The number of rotatable bonds is 6. The molecule has 2 aromatic rings. The molecule has 3 rings (SSSR count). The van der Waals surface area contributed by atoms with Crippen LogP contribution in [-0.4, -0.2) is 53.0 Å². The lowest BCUT2D eigenvalue weighted by molar-refractivity contribution is 0.0299. The van der Waals surface area contributed by atoms with Crippen LogP contribution in [0.3, 0.4) is 0 Å². The van der Waals surface area contributed by atoms with Crippen molar-refractivity contribution in [1.82, 2.24) is 20.2 Å². The summed E-state index contributed by atoms with van der Waals surface area (Å²) < 4.78 is 10.9. The molecule has 1 N–H and O–H groups in total. The van der Waals surface area contributed by atoms with Crippen molar-refractivity contribution >= 4 is 11.8 Å². The Morgan fingerprint density at radius 2 is 2.04 bits per heavy atom. The van der Waals surface area contributed by atoms with E-state index < -0.39 is 6.04 Å². The van der Waals surface area contributed by atoms with Gasteiger partial charge in [0.15, 0.2) is 5.69 Å². The summed E-state index contributed by atoms with van der Waals surface area (Å²) in [6.45, 7) is 8.04. The lowest BCUT2D eigenvalue weighted by Gasteiger charge is -2.25. The van der Waals surface area contributed by atoms with Gasteiger partial charge < -0.3 is 19.4 Å². The number of nitrogens with one attached hydrogen (secondary N) is 1. The highest BCUT2D eigenvalue weighted by Gasteiger charge is 2.26. The number of carbonyl (C=O) groups is 2. The molecule has 0 saturated carbocycles. The molecule has 1 fully saturated rings. The second-order valence-corrected chi connectivity index (χ2v) is 7.30. The molecule has 1 aliphatic heterocycles. The summed E-state index contributed by atoms with van der Waals surface area (Å²) >= 11 is 0. The molecule has 1 aliphatic rings. The van der Waals surface area contributed by atoms with E-state index >= 15 is 0 Å². The van der Waals surface area contributed by atoms with Crippen LogP contribution in [-0.2, 0) is 4.74 Å². The van der Waals surface area contributed by atoms with E-state index in [4.69, 9.17) is 9.15 Å². The van der Waals surface area contributed by atoms with Crippen LogP contribution in [0, 0.1) is 12.8 Å². The minimum absolute atomic E-state index is 0.187. The fraction of sp³-hybridized carbons (Fsp3) is 0.500. The molecule has 1 saturated heterocycles. The third-order valence-corrected chi connectivity index (χ3v) is 4.57. The van der Waals surface area contributed by atoms with Crippen LogP contribution in [0.1, 0.15) is 58.7 Å². The van der Waals surface area contributed by atoms with Crippen LogP contribution in [0.4, 0.5) is 0 Å². The largest absolute Gasteiger partial charge is 0.446 e. The molecule has 0 bridgehead atoms. The average molecular weight is 386 g/mol. The Labute approximate surface area is 164 Å². The average Bonchev–Trinajstić information content (AvgIpc) is 3.17. The topological polar surface area (TPSA) is 97.6 Å². The molecule has 1 atom stereocenters. The Morgan fingerprint density at radius 3 is 2.71 bits per heavy atom. The first kappa shape index (κ1) is 20.0. The maximum atomic E-state index is 12.7. The van der Waals surface area contributed by atoms with Gasteiger partial charge in [-0.25, -0.2) is 4.98 Å². The first-order chi connectivity index (χ1) is 13.5. The Bertz CT molecular complexity index is 827. The number of hydrogen-bond acceptors (Lipinski definition) is 6. The van der Waals surface area contributed by atoms with Crippen LogP contribution in [0.25, 0.3) is 0 Å². The minimum Gasteiger partial charge on any atom is -0.446 e. The van der Waals surface area contributed by atoms with E-state index in [9.17, 15) is 9.59 Å². The van der Waals surface area contributed by atoms with Crippen molar-refractivity contribution < 1.29 is 18.7 Å². The number of morpholine rings is 1. The molecule has 0 radical (unpaired) electrons. The molecule has 0 aliphatic carbocycles. The highest BCUT2D eigenvalue weighted by Crippen LogP contribution is 2.22. The molecule has 0 aromatic carbocycles. The summed E-state index contributed by atoms with van der Waals surface area (Å²) in [7, 11) is 0. The van der Waals surface area contributed by atoms with E-state index in [0.29, 0.717) is 50.2 Å². The lowest BCUT2D eigenvalue weighted by Crippen LogP contribution is -2.40. The first-order valence-electron chi connectivity index (χ1n) is 9.50. The van der Waals surface area contributed by atoms with E-state index in [1.807, 2.05) is 26.8 Å². The monoisotopic (exact) mass is 386 g/mol. The third kappa shape index (κ3) is 4.75. The van der Waals surface area contributed by atoms with Crippen LogP contribution < -0.4 is 5.32 Å². The SMILES string of the molecule is Cc1cccnc1C(=O)N[C@@H](CC(C)C)c1nc(C(=O)N2CCOCC2)co1. The molecule has 2 aromatic heterocycles. The molecular formula is C20H26N4O4. The number of nitrogens with zero attached hydrogens (tertiary/aromatic N) is 3. The number of amides is 2. The zero-order valence-corrected chi connectivity index (χ0v) is 16.5. The van der Waals surface area contributed by atoms with Gasteiger partial charge in [0.2, 0.25) is 5.89 Å². The van der Waals surface area contributed by atoms with Crippen LogP contribution in [0.15, 0.2) is 29.0 Å². The fourth-order valence-corrected chi connectivity index (χ4v) is 3.12. The lowest BCUT2D eigenvalue weighted by atomic mass is 10.0. The van der Waals surface area contributed by atoms with Gasteiger partial charge in [0.25, 0.3) is 11.8 Å². The van der Waals surface area contributed by atoms with Gasteiger partial charge in [0.1, 0.15) is 18.0 Å². The van der Waals surface area contributed by atoms with Crippen molar-refractivity contribution in [3.63, 3.8) is 0 Å². The van der Waals surface area contributed by atoms with Crippen molar-refractivity contribution in [1.29, 1.82) is 0 Å². The normalized spacial score (nSPS) is 15.5. The number of hydrogen-bond donors (Lipinski definition) is 1. The maximum absolute atomic E-state index is 12.7. The number of pyridine rings is 1. The summed E-state index contributed by atoms with van der Waals surface area (Å²) in [5, 5.41) is 2.95. The molecular weight excluding hydrogens is 360 g/mol. The Balaban J connectivity index is 1.76. The van der Waals surface area contributed by atoms with Gasteiger partial charge in [-0.05, 0) is 30.9 Å². The van der Waals surface area contributed by atoms with Gasteiger partial charge in [-0.2, -0.15) is 0 Å². The first-order valence-corrected chi connectivity index (χ1v) is 9.50. The number of oxazole rings is 1. The van der Waals surface area contributed by atoms with E-state index in [2.05, 4.69) is 15.3 Å². The Hall–Kier alpha value is -2.74. The molecule has 8 heteroatoms. The third-order valence-electron chi connectivity index (χ3n) is 4.57. The molecule has 2 amide bonds. The molecule has 150 valence electrons. The molecule has 8 nitrogen and oxygen atoms in total. The maximum Gasteiger partial charge on any atom is 0.275 e. The summed E-state index contributed by atoms with van der Waals surface area (Å²) in [6, 6.07) is 3.18. The summed E-state index contributed by atoms with van der Waals surface area (Å²) in [6.07, 6.45) is 3.57. The summed E-state index contributed by atoms with van der Waals surface area (Å²) in [5.41, 5.74) is 1.40. The Kier molecular flexibility index (Phi) is 6.41. The van der Waals surface area contributed by atoms with Gasteiger partial charge in [0, 0.05) is 19.3 Å². The van der Waals surface area contributed by atoms with Gasteiger partial charge >= 0.3 is 0 Å².